The number of halogens is 2. The zero-order valence-electron chi connectivity index (χ0n) is 16.5. The van der Waals surface area contributed by atoms with E-state index in [1.54, 1.807) is 0 Å². The van der Waals surface area contributed by atoms with Crippen molar-refractivity contribution in [2.45, 2.75) is 30.2 Å². The van der Waals surface area contributed by atoms with Crippen LogP contribution >= 0.6 is 23.2 Å². The minimum Gasteiger partial charge on any atom is -0.338 e. The molecule has 0 aromatic heterocycles. The number of hydrogen-bond donors (Lipinski definition) is 1. The number of nitrogens with one attached hydrogen (secondary N) is 1. The molecule has 11 heteroatoms. The highest BCUT2D eigenvalue weighted by Crippen LogP contribution is 2.37. The number of fused-ring (bicyclic) bond motifs is 1. The van der Waals surface area contributed by atoms with E-state index in [-0.39, 0.29) is 76.6 Å². The summed E-state index contributed by atoms with van der Waals surface area (Å²) < 4.78 is 27.2. The first-order valence-electron chi connectivity index (χ1n) is 9.94. The van der Waals surface area contributed by atoms with E-state index in [0.717, 1.165) is 0 Å². The van der Waals surface area contributed by atoms with Gasteiger partial charge in [-0.25, -0.2) is 13.1 Å². The molecule has 2 saturated heterocycles. The van der Waals surface area contributed by atoms with Gasteiger partial charge in [0, 0.05) is 26.1 Å². The minimum atomic E-state index is -3.97. The first-order valence-corrected chi connectivity index (χ1v) is 12.2. The van der Waals surface area contributed by atoms with Crippen LogP contribution in [-0.4, -0.2) is 61.6 Å². The summed E-state index contributed by atoms with van der Waals surface area (Å²) in [7, 11) is -3.97. The lowest BCUT2D eigenvalue weighted by atomic mass is 9.85. The molecule has 166 valence electrons. The van der Waals surface area contributed by atoms with Crippen molar-refractivity contribution >= 4 is 50.9 Å². The Balaban J connectivity index is 1.28. The number of hydrogen-bond acceptors (Lipinski definition) is 5. The van der Waals surface area contributed by atoms with Crippen LogP contribution in [0.25, 0.3) is 0 Å². The summed E-state index contributed by atoms with van der Waals surface area (Å²) in [5, 5.41) is -0.0137. The number of nitrogens with zero attached hydrogens (tertiary/aromatic N) is 2. The van der Waals surface area contributed by atoms with Gasteiger partial charge >= 0.3 is 0 Å². The largest absolute Gasteiger partial charge is 0.338 e. The van der Waals surface area contributed by atoms with Gasteiger partial charge < -0.3 is 4.90 Å². The quantitative estimate of drug-likeness (QED) is 0.488. The van der Waals surface area contributed by atoms with Crippen LogP contribution in [-0.2, 0) is 24.4 Å². The van der Waals surface area contributed by atoms with E-state index in [9.17, 15) is 22.8 Å². The van der Waals surface area contributed by atoms with Gasteiger partial charge in [-0.15, -0.1) is 0 Å². The van der Waals surface area contributed by atoms with E-state index in [1.807, 2.05) is 12.2 Å². The Morgan fingerprint density at radius 2 is 1.58 bits per heavy atom. The fraction of sp³-hybridized carbons (Fsp3) is 0.450. The molecule has 0 radical (unpaired) electrons. The molecule has 1 N–H and O–H groups in total. The lowest BCUT2D eigenvalue weighted by Gasteiger charge is -2.43. The Labute approximate surface area is 190 Å². The van der Waals surface area contributed by atoms with Crippen LogP contribution in [0.2, 0.25) is 10.0 Å². The van der Waals surface area contributed by atoms with E-state index in [0.29, 0.717) is 12.8 Å². The van der Waals surface area contributed by atoms with Gasteiger partial charge in [0.1, 0.15) is 4.90 Å². The van der Waals surface area contributed by atoms with Gasteiger partial charge in [-0.1, -0.05) is 41.4 Å². The first kappa shape index (κ1) is 22.3. The molecule has 3 aliphatic rings. The summed E-state index contributed by atoms with van der Waals surface area (Å²) in [5.74, 6) is -1.13. The van der Waals surface area contributed by atoms with Crippen molar-refractivity contribution in [3.05, 3.63) is 40.4 Å². The average molecular weight is 486 g/mol. The third-order valence-electron chi connectivity index (χ3n) is 5.94. The van der Waals surface area contributed by atoms with Crippen molar-refractivity contribution in [3.63, 3.8) is 0 Å². The van der Waals surface area contributed by atoms with E-state index >= 15 is 0 Å². The lowest BCUT2D eigenvalue weighted by molar-refractivity contribution is -0.152. The van der Waals surface area contributed by atoms with Gasteiger partial charge in [0.05, 0.1) is 27.9 Å². The third-order valence-corrected chi connectivity index (χ3v) is 8.36. The van der Waals surface area contributed by atoms with Gasteiger partial charge in [0.25, 0.3) is 0 Å². The number of carbonyl (C=O) groups excluding carboxylic acids is 3. The molecule has 0 saturated carbocycles. The molecule has 1 aliphatic carbocycles. The van der Waals surface area contributed by atoms with Gasteiger partial charge in [-0.2, -0.15) is 0 Å². The van der Waals surface area contributed by atoms with Crippen molar-refractivity contribution < 1.29 is 22.8 Å². The molecular weight excluding hydrogens is 465 g/mol. The second kappa shape index (κ2) is 8.54. The zero-order chi connectivity index (χ0) is 22.3. The highest BCUT2D eigenvalue weighted by Gasteiger charge is 2.52. The lowest BCUT2D eigenvalue weighted by Crippen LogP contribution is -2.62. The van der Waals surface area contributed by atoms with Crippen molar-refractivity contribution in [1.29, 1.82) is 0 Å². The first-order chi connectivity index (χ1) is 14.7. The average Bonchev–Trinajstić information content (AvgIpc) is 2.92. The normalized spacial score (nSPS) is 23.8. The highest BCUT2D eigenvalue weighted by atomic mass is 35.5. The molecule has 3 amide bonds. The summed E-state index contributed by atoms with van der Waals surface area (Å²) in [4.78, 5) is 40.2. The summed E-state index contributed by atoms with van der Waals surface area (Å²) >= 11 is 11.9. The molecule has 2 atom stereocenters. The van der Waals surface area contributed by atoms with Crippen molar-refractivity contribution in [3.8, 4) is 0 Å². The zero-order valence-corrected chi connectivity index (χ0v) is 18.8. The van der Waals surface area contributed by atoms with Crippen LogP contribution in [0.4, 0.5) is 0 Å². The van der Waals surface area contributed by atoms with E-state index in [4.69, 9.17) is 23.2 Å². The van der Waals surface area contributed by atoms with Crippen molar-refractivity contribution in [1.82, 2.24) is 14.5 Å². The van der Waals surface area contributed by atoms with Crippen molar-refractivity contribution in [2.24, 2.45) is 11.8 Å². The monoisotopic (exact) mass is 485 g/mol. The Hall–Kier alpha value is -1.94. The summed E-state index contributed by atoms with van der Waals surface area (Å²) in [6.07, 6.45) is 4.96. The molecule has 4 rings (SSSR count). The Bertz CT molecular complexity index is 1020. The van der Waals surface area contributed by atoms with E-state index in [2.05, 4.69) is 4.72 Å². The predicted molar refractivity (Wildman–Crippen MR) is 114 cm³/mol. The van der Waals surface area contributed by atoms with Crippen LogP contribution < -0.4 is 4.72 Å². The number of imide groups is 1. The summed E-state index contributed by atoms with van der Waals surface area (Å²) in [6, 6.07) is 4.06. The molecule has 0 spiro atoms. The standard InChI is InChI=1S/C20H21Cl2N3O5S/c21-15-6-3-7-16(22)18(15)31(29,30)23-9-8-17(26)24-10-12(11-24)25-19(27)13-4-1-2-5-14(13)20(25)28/h1-3,6-7,12-14,23H,4-5,8-11H2. The molecule has 8 nitrogen and oxygen atoms in total. The van der Waals surface area contributed by atoms with Crippen LogP contribution in [0.1, 0.15) is 19.3 Å². The van der Waals surface area contributed by atoms with Crippen LogP contribution in [0, 0.1) is 11.8 Å². The number of sulfonamides is 1. The molecule has 2 fully saturated rings. The number of rotatable bonds is 6. The number of amides is 3. The molecule has 0 bridgehead atoms. The van der Waals surface area contributed by atoms with Gasteiger partial charge in [-0.3, -0.25) is 19.3 Å². The van der Waals surface area contributed by atoms with E-state index < -0.39 is 10.0 Å². The Kier molecular flexibility index (Phi) is 6.13. The molecule has 1 aromatic carbocycles. The number of allylic oxidation sites excluding steroid dienone is 2. The van der Waals surface area contributed by atoms with Crippen LogP contribution in [0.3, 0.4) is 0 Å². The minimum absolute atomic E-state index is 0.00683. The number of carbonyl (C=O) groups is 3. The molecular formula is C20H21Cl2N3O5S. The number of likely N-dealkylation sites (tertiary alicyclic amines) is 2. The fourth-order valence-electron chi connectivity index (χ4n) is 4.27. The van der Waals surface area contributed by atoms with Gasteiger partial charge in [0.2, 0.25) is 27.7 Å². The smallest absolute Gasteiger partial charge is 0.243 e. The maximum absolute atomic E-state index is 12.6. The maximum atomic E-state index is 12.6. The van der Waals surface area contributed by atoms with Gasteiger partial charge in [-0.05, 0) is 25.0 Å². The fourth-order valence-corrected chi connectivity index (χ4v) is 6.44. The van der Waals surface area contributed by atoms with E-state index in [1.165, 1.54) is 28.0 Å². The maximum Gasteiger partial charge on any atom is 0.243 e. The second-order valence-electron chi connectivity index (χ2n) is 7.85. The van der Waals surface area contributed by atoms with Crippen molar-refractivity contribution in [2.75, 3.05) is 19.6 Å². The van der Waals surface area contributed by atoms with Crippen LogP contribution in [0.15, 0.2) is 35.2 Å². The SMILES string of the molecule is O=C(CCNS(=O)(=O)c1c(Cl)cccc1Cl)N1CC(N2C(=O)C3CC=CCC3C2=O)C1. The van der Waals surface area contributed by atoms with Crippen LogP contribution in [0.5, 0.6) is 0 Å². The molecule has 2 heterocycles. The van der Waals surface area contributed by atoms with Gasteiger partial charge in [0.15, 0.2) is 0 Å². The molecule has 1 aromatic rings. The molecule has 2 aliphatic heterocycles. The summed E-state index contributed by atoms with van der Waals surface area (Å²) in [6.45, 7) is 0.416. The Morgan fingerprint density at radius 3 is 2.13 bits per heavy atom. The Morgan fingerprint density at radius 1 is 1.03 bits per heavy atom. The number of benzene rings is 1. The summed E-state index contributed by atoms with van der Waals surface area (Å²) in [5.41, 5.74) is 0. The highest BCUT2D eigenvalue weighted by molar-refractivity contribution is 7.89. The predicted octanol–water partition coefficient (Wildman–Crippen LogP) is 1.82. The molecule has 2 unspecified atom stereocenters. The second-order valence-corrected chi connectivity index (χ2v) is 10.4. The molecule has 31 heavy (non-hydrogen) atoms. The topological polar surface area (TPSA) is 104 Å². The third kappa shape index (κ3) is 4.11.